The van der Waals surface area contributed by atoms with Crippen molar-refractivity contribution in [2.45, 2.75) is 27.7 Å². The van der Waals surface area contributed by atoms with Crippen LogP contribution < -0.4 is 5.73 Å². The Morgan fingerprint density at radius 2 is 1.91 bits per heavy atom. The maximum Gasteiger partial charge on any atom is 0.0270 e. The largest absolute Gasteiger partial charge is 0.399 e. The monoisotopic (exact) mass is 153 g/mol. The summed E-state index contributed by atoms with van der Waals surface area (Å²) in [5.41, 5.74) is 6.67. The van der Waals surface area contributed by atoms with Crippen LogP contribution in [0.25, 0.3) is 0 Å². The molecule has 1 nitrogen and oxygen atoms in total. The Kier molecular flexibility index (Phi) is 3.37. The van der Waals surface area contributed by atoms with Crippen molar-refractivity contribution in [2.75, 3.05) is 0 Å². The Morgan fingerprint density at radius 1 is 1.45 bits per heavy atom. The summed E-state index contributed by atoms with van der Waals surface area (Å²) in [5.74, 6) is 0.487. The third kappa shape index (κ3) is 3.87. The van der Waals surface area contributed by atoms with E-state index in [2.05, 4.69) is 34.3 Å². The van der Waals surface area contributed by atoms with Crippen LogP contribution >= 0.6 is 0 Å². The molecule has 0 rings (SSSR count). The highest BCUT2D eigenvalue weighted by atomic mass is 14.6. The van der Waals surface area contributed by atoms with Crippen molar-refractivity contribution in [3.63, 3.8) is 0 Å². The minimum Gasteiger partial charge on any atom is -0.399 e. The van der Waals surface area contributed by atoms with Crippen molar-refractivity contribution < 1.29 is 0 Å². The molecule has 0 saturated carbocycles. The first-order valence-electron chi connectivity index (χ1n) is 3.97. The second kappa shape index (κ2) is 3.61. The van der Waals surface area contributed by atoms with Crippen molar-refractivity contribution in [3.05, 3.63) is 24.4 Å². The van der Waals surface area contributed by atoms with Gasteiger partial charge in [0.05, 0.1) is 0 Å². The van der Waals surface area contributed by atoms with Crippen LogP contribution in [0.5, 0.6) is 0 Å². The minimum absolute atomic E-state index is 0.285. The predicted molar refractivity (Wildman–Crippen MR) is 51.1 cm³/mol. The zero-order valence-electron chi connectivity index (χ0n) is 8.02. The average Bonchev–Trinajstić information content (AvgIpc) is 1.85. The van der Waals surface area contributed by atoms with Gasteiger partial charge in [0.2, 0.25) is 0 Å². The van der Waals surface area contributed by atoms with E-state index in [1.165, 1.54) is 0 Å². The van der Waals surface area contributed by atoms with Gasteiger partial charge in [0.15, 0.2) is 0 Å². The molecule has 0 aliphatic heterocycles. The van der Waals surface area contributed by atoms with Crippen molar-refractivity contribution in [2.24, 2.45) is 17.1 Å². The molecule has 64 valence electrons. The van der Waals surface area contributed by atoms with Gasteiger partial charge in [-0.2, -0.15) is 0 Å². The van der Waals surface area contributed by atoms with Crippen LogP contribution in [0.1, 0.15) is 27.7 Å². The summed E-state index contributed by atoms with van der Waals surface area (Å²) in [5, 5.41) is 0. The van der Waals surface area contributed by atoms with Gasteiger partial charge in [0, 0.05) is 5.70 Å². The maximum absolute atomic E-state index is 5.61. The van der Waals surface area contributed by atoms with Crippen LogP contribution in [0.3, 0.4) is 0 Å². The topological polar surface area (TPSA) is 26.0 Å². The van der Waals surface area contributed by atoms with Crippen LogP contribution in [-0.2, 0) is 0 Å². The van der Waals surface area contributed by atoms with E-state index in [0.29, 0.717) is 5.92 Å². The third-order valence-corrected chi connectivity index (χ3v) is 2.04. The van der Waals surface area contributed by atoms with Crippen molar-refractivity contribution in [3.8, 4) is 0 Å². The fraction of sp³-hybridized carbons (Fsp3) is 0.600. The van der Waals surface area contributed by atoms with E-state index < -0.39 is 0 Å². The summed E-state index contributed by atoms with van der Waals surface area (Å²) in [6.07, 6.45) is 3.73. The summed E-state index contributed by atoms with van der Waals surface area (Å²) in [7, 11) is 0. The molecule has 0 spiro atoms. The Labute approximate surface area is 70.0 Å². The van der Waals surface area contributed by atoms with E-state index in [0.717, 1.165) is 5.70 Å². The normalized spacial score (nSPS) is 16.2. The highest BCUT2D eigenvalue weighted by Gasteiger charge is 2.17. The number of hydrogen-bond acceptors (Lipinski definition) is 1. The fourth-order valence-electron chi connectivity index (χ4n) is 0.607. The Hall–Kier alpha value is -0.720. The van der Waals surface area contributed by atoms with E-state index in [-0.39, 0.29) is 5.41 Å². The molecular formula is C10H19N. The zero-order valence-corrected chi connectivity index (χ0v) is 8.02. The molecule has 0 aliphatic carbocycles. The smallest absolute Gasteiger partial charge is 0.0270 e. The molecule has 0 saturated heterocycles. The average molecular weight is 153 g/mol. The molecule has 0 amide bonds. The first-order chi connectivity index (χ1) is 4.88. The first kappa shape index (κ1) is 10.3. The van der Waals surface area contributed by atoms with E-state index >= 15 is 0 Å². The van der Waals surface area contributed by atoms with Crippen LogP contribution in [0.4, 0.5) is 0 Å². The second-order valence-electron chi connectivity index (χ2n) is 4.03. The molecule has 1 heteroatoms. The lowest BCUT2D eigenvalue weighted by atomic mass is 9.82. The molecule has 0 aliphatic rings. The predicted octanol–water partition coefficient (Wildman–Crippen LogP) is 2.70. The molecule has 0 fully saturated rings. The molecule has 0 radical (unpaired) electrons. The van der Waals surface area contributed by atoms with Gasteiger partial charge in [-0.05, 0) is 17.4 Å². The SMILES string of the molecule is C=C/C(N)=C\C(C)C(C)(C)C. The van der Waals surface area contributed by atoms with Crippen molar-refractivity contribution in [1.82, 2.24) is 0 Å². The molecule has 0 aromatic heterocycles. The van der Waals surface area contributed by atoms with Gasteiger partial charge in [-0.15, -0.1) is 0 Å². The fourth-order valence-corrected chi connectivity index (χ4v) is 0.607. The lowest BCUT2D eigenvalue weighted by molar-refractivity contribution is 0.313. The van der Waals surface area contributed by atoms with Gasteiger partial charge in [-0.3, -0.25) is 0 Å². The third-order valence-electron chi connectivity index (χ3n) is 2.04. The molecule has 0 bridgehead atoms. The first-order valence-corrected chi connectivity index (χ1v) is 3.97. The Morgan fingerprint density at radius 3 is 2.18 bits per heavy atom. The number of hydrogen-bond donors (Lipinski definition) is 1. The van der Waals surface area contributed by atoms with Crippen LogP contribution in [0.2, 0.25) is 0 Å². The van der Waals surface area contributed by atoms with Gasteiger partial charge < -0.3 is 5.73 Å². The molecule has 2 N–H and O–H groups in total. The van der Waals surface area contributed by atoms with E-state index in [1.54, 1.807) is 6.08 Å². The highest BCUT2D eigenvalue weighted by Crippen LogP contribution is 2.26. The molecule has 1 atom stereocenters. The summed E-state index contributed by atoms with van der Waals surface area (Å²) in [6, 6.07) is 0. The lowest BCUT2D eigenvalue weighted by Gasteiger charge is -2.24. The summed E-state index contributed by atoms with van der Waals surface area (Å²) < 4.78 is 0. The maximum atomic E-state index is 5.61. The van der Waals surface area contributed by atoms with Crippen LogP contribution in [0, 0.1) is 11.3 Å². The Balaban J connectivity index is 4.28. The Bertz CT molecular complexity index is 160. The van der Waals surface area contributed by atoms with Gasteiger partial charge in [0.1, 0.15) is 0 Å². The van der Waals surface area contributed by atoms with E-state index in [9.17, 15) is 0 Å². The summed E-state index contributed by atoms with van der Waals surface area (Å²) >= 11 is 0. The molecule has 0 aromatic carbocycles. The van der Waals surface area contributed by atoms with Gasteiger partial charge >= 0.3 is 0 Å². The van der Waals surface area contributed by atoms with Gasteiger partial charge in [-0.1, -0.05) is 40.3 Å². The molecule has 0 heterocycles. The van der Waals surface area contributed by atoms with E-state index in [1.807, 2.05) is 6.08 Å². The highest BCUT2D eigenvalue weighted by molar-refractivity contribution is 5.13. The molecule has 1 unspecified atom stereocenters. The second-order valence-corrected chi connectivity index (χ2v) is 4.03. The van der Waals surface area contributed by atoms with E-state index in [4.69, 9.17) is 5.73 Å². The summed E-state index contributed by atoms with van der Waals surface area (Å²) in [4.78, 5) is 0. The number of nitrogens with two attached hydrogens (primary N) is 1. The minimum atomic E-state index is 0.285. The van der Waals surface area contributed by atoms with Gasteiger partial charge in [0.25, 0.3) is 0 Å². The quantitative estimate of drug-likeness (QED) is 0.606. The number of rotatable bonds is 2. The lowest BCUT2D eigenvalue weighted by Crippen LogP contribution is -2.16. The number of allylic oxidation sites excluding steroid dienone is 2. The van der Waals surface area contributed by atoms with Crippen molar-refractivity contribution in [1.29, 1.82) is 0 Å². The van der Waals surface area contributed by atoms with Crippen molar-refractivity contribution >= 4 is 0 Å². The molecule has 0 aromatic rings. The van der Waals surface area contributed by atoms with Crippen LogP contribution in [-0.4, -0.2) is 0 Å². The van der Waals surface area contributed by atoms with Crippen LogP contribution in [0.15, 0.2) is 24.4 Å². The zero-order chi connectivity index (χ0) is 9.07. The van der Waals surface area contributed by atoms with Gasteiger partial charge in [-0.25, -0.2) is 0 Å². The summed E-state index contributed by atoms with van der Waals surface area (Å²) in [6.45, 7) is 12.4. The standard InChI is InChI=1S/C10H19N/c1-6-9(11)7-8(2)10(3,4)5/h6-8H,1,11H2,2-5H3/b9-7+. The molecule has 11 heavy (non-hydrogen) atoms. The molecular weight excluding hydrogens is 134 g/mol.